The van der Waals surface area contributed by atoms with E-state index in [1.807, 2.05) is 6.92 Å². The Balaban J connectivity index is 3.33. The summed E-state index contributed by atoms with van der Waals surface area (Å²) in [5.41, 5.74) is 0. The molecule has 0 aromatic heterocycles. The van der Waals surface area contributed by atoms with Gasteiger partial charge in [-0.3, -0.25) is 4.79 Å². The molecular formula is C13H27NO3. The molecule has 17 heavy (non-hydrogen) atoms. The minimum Gasteiger partial charge on any atom is -0.480 e. The summed E-state index contributed by atoms with van der Waals surface area (Å²) in [4.78, 5) is 10.8. The summed E-state index contributed by atoms with van der Waals surface area (Å²) < 4.78 is 5.37. The van der Waals surface area contributed by atoms with Crippen LogP contribution in [0.15, 0.2) is 0 Å². The van der Waals surface area contributed by atoms with E-state index in [0.29, 0.717) is 13.2 Å². The van der Waals surface area contributed by atoms with Crippen molar-refractivity contribution in [2.24, 2.45) is 0 Å². The molecule has 0 rings (SSSR count). The van der Waals surface area contributed by atoms with Crippen LogP contribution in [-0.4, -0.2) is 36.9 Å². The smallest absolute Gasteiger partial charge is 0.323 e. The molecule has 0 saturated carbocycles. The Morgan fingerprint density at radius 3 is 2.41 bits per heavy atom. The second kappa shape index (κ2) is 11.9. The highest BCUT2D eigenvalue weighted by atomic mass is 16.5. The Labute approximate surface area is 105 Å². The van der Waals surface area contributed by atoms with Crippen molar-refractivity contribution in [1.82, 2.24) is 5.32 Å². The molecule has 4 heteroatoms. The average Bonchev–Trinajstić information content (AvgIpc) is 2.31. The molecule has 0 saturated heterocycles. The number of hydrogen-bond acceptors (Lipinski definition) is 3. The van der Waals surface area contributed by atoms with Gasteiger partial charge in [0.25, 0.3) is 0 Å². The molecule has 2 N–H and O–H groups in total. The maximum Gasteiger partial charge on any atom is 0.323 e. The Bertz CT molecular complexity index is 186. The van der Waals surface area contributed by atoms with Crippen LogP contribution in [0, 0.1) is 0 Å². The minimum atomic E-state index is -0.838. The second-order valence-corrected chi connectivity index (χ2v) is 4.29. The van der Waals surface area contributed by atoms with Gasteiger partial charge in [-0.15, -0.1) is 0 Å². The van der Waals surface area contributed by atoms with Gasteiger partial charge in [-0.25, -0.2) is 0 Å². The topological polar surface area (TPSA) is 58.6 Å². The van der Waals surface area contributed by atoms with Crippen molar-refractivity contribution in [3.05, 3.63) is 0 Å². The van der Waals surface area contributed by atoms with Crippen LogP contribution in [0.3, 0.4) is 0 Å². The molecule has 1 unspecified atom stereocenters. The predicted molar refractivity (Wildman–Crippen MR) is 69.3 cm³/mol. The van der Waals surface area contributed by atoms with Crippen LogP contribution in [-0.2, 0) is 9.53 Å². The fraction of sp³-hybridized carbons (Fsp3) is 0.923. The van der Waals surface area contributed by atoms with E-state index >= 15 is 0 Å². The maximum absolute atomic E-state index is 10.8. The van der Waals surface area contributed by atoms with Gasteiger partial charge in [-0.1, -0.05) is 46.0 Å². The van der Waals surface area contributed by atoms with Crippen molar-refractivity contribution in [3.63, 3.8) is 0 Å². The third-order valence-corrected chi connectivity index (χ3v) is 2.68. The number of rotatable bonds is 12. The van der Waals surface area contributed by atoms with Gasteiger partial charge in [0.2, 0.25) is 0 Å². The Morgan fingerprint density at radius 2 is 1.82 bits per heavy atom. The normalized spacial score (nSPS) is 12.6. The van der Waals surface area contributed by atoms with Crippen molar-refractivity contribution in [3.8, 4) is 0 Å². The lowest BCUT2D eigenvalue weighted by molar-refractivity contribution is -0.141. The number of carbonyl (C=O) groups is 1. The maximum atomic E-state index is 10.8. The Kier molecular flexibility index (Phi) is 11.4. The highest BCUT2D eigenvalue weighted by molar-refractivity contribution is 5.73. The van der Waals surface area contributed by atoms with Crippen LogP contribution in [0.25, 0.3) is 0 Å². The molecule has 0 bridgehead atoms. The largest absolute Gasteiger partial charge is 0.480 e. The van der Waals surface area contributed by atoms with E-state index in [4.69, 9.17) is 9.84 Å². The van der Waals surface area contributed by atoms with Crippen LogP contribution in [0.4, 0.5) is 0 Å². The van der Waals surface area contributed by atoms with Gasteiger partial charge in [-0.05, 0) is 13.0 Å². The van der Waals surface area contributed by atoms with Crippen molar-refractivity contribution >= 4 is 5.97 Å². The van der Waals surface area contributed by atoms with Gasteiger partial charge in [0.15, 0.2) is 0 Å². The predicted octanol–water partition coefficient (Wildman–Crippen LogP) is 2.43. The molecule has 0 aliphatic rings. The number of aliphatic carboxylic acids is 1. The zero-order valence-corrected chi connectivity index (χ0v) is 11.2. The van der Waals surface area contributed by atoms with Crippen molar-refractivity contribution in [2.45, 2.75) is 58.4 Å². The summed E-state index contributed by atoms with van der Waals surface area (Å²) in [6.07, 6.45) is 7.33. The first-order valence-electron chi connectivity index (χ1n) is 6.76. The molecule has 0 fully saturated rings. The van der Waals surface area contributed by atoms with E-state index in [0.717, 1.165) is 6.42 Å². The molecule has 0 amide bonds. The molecule has 0 heterocycles. The first-order valence-corrected chi connectivity index (χ1v) is 6.76. The van der Waals surface area contributed by atoms with E-state index in [2.05, 4.69) is 12.2 Å². The van der Waals surface area contributed by atoms with Crippen LogP contribution < -0.4 is 5.32 Å². The van der Waals surface area contributed by atoms with E-state index in [9.17, 15) is 4.79 Å². The molecule has 1 atom stereocenters. The van der Waals surface area contributed by atoms with Crippen molar-refractivity contribution < 1.29 is 14.6 Å². The fourth-order valence-corrected chi connectivity index (χ4v) is 1.65. The third-order valence-electron chi connectivity index (χ3n) is 2.68. The Hall–Kier alpha value is -0.610. The van der Waals surface area contributed by atoms with Gasteiger partial charge < -0.3 is 15.2 Å². The summed E-state index contributed by atoms with van der Waals surface area (Å²) >= 11 is 0. The van der Waals surface area contributed by atoms with Gasteiger partial charge in [-0.2, -0.15) is 0 Å². The first-order chi connectivity index (χ1) is 8.22. The average molecular weight is 245 g/mol. The van der Waals surface area contributed by atoms with Crippen LogP contribution >= 0.6 is 0 Å². The summed E-state index contributed by atoms with van der Waals surface area (Å²) in [7, 11) is 0. The van der Waals surface area contributed by atoms with Gasteiger partial charge in [0, 0.05) is 6.61 Å². The zero-order chi connectivity index (χ0) is 12.9. The molecule has 102 valence electrons. The standard InChI is InChI=1S/C13H27NO3/c1-3-5-6-7-8-9-10-17-11-12(13(15)16)14-4-2/h12,14H,3-11H2,1-2H3,(H,15,16). The number of carboxylic acids is 1. The molecule has 0 aliphatic carbocycles. The molecule has 0 radical (unpaired) electrons. The molecule has 0 aliphatic heterocycles. The molecule has 0 spiro atoms. The van der Waals surface area contributed by atoms with Crippen LogP contribution in [0.5, 0.6) is 0 Å². The van der Waals surface area contributed by atoms with Crippen molar-refractivity contribution in [1.29, 1.82) is 0 Å². The second-order valence-electron chi connectivity index (χ2n) is 4.29. The molecule has 0 aromatic rings. The molecule has 4 nitrogen and oxygen atoms in total. The van der Waals surface area contributed by atoms with E-state index < -0.39 is 12.0 Å². The zero-order valence-electron chi connectivity index (χ0n) is 11.2. The highest BCUT2D eigenvalue weighted by Gasteiger charge is 2.15. The number of nitrogens with one attached hydrogen (secondary N) is 1. The molecular weight excluding hydrogens is 218 g/mol. The van der Waals surface area contributed by atoms with Gasteiger partial charge >= 0.3 is 5.97 Å². The fourth-order valence-electron chi connectivity index (χ4n) is 1.65. The number of ether oxygens (including phenoxy) is 1. The van der Waals surface area contributed by atoms with Crippen LogP contribution in [0.2, 0.25) is 0 Å². The van der Waals surface area contributed by atoms with Crippen LogP contribution in [0.1, 0.15) is 52.4 Å². The number of carboxylic acid groups (broad SMARTS) is 1. The summed E-state index contributed by atoms with van der Waals surface area (Å²) in [6.45, 7) is 5.68. The lowest BCUT2D eigenvalue weighted by Crippen LogP contribution is -2.40. The van der Waals surface area contributed by atoms with Crippen molar-refractivity contribution in [2.75, 3.05) is 19.8 Å². The number of unbranched alkanes of at least 4 members (excludes halogenated alkanes) is 5. The molecule has 0 aromatic carbocycles. The lowest BCUT2D eigenvalue weighted by Gasteiger charge is -2.13. The van der Waals surface area contributed by atoms with Gasteiger partial charge in [0.1, 0.15) is 6.04 Å². The monoisotopic (exact) mass is 245 g/mol. The first kappa shape index (κ1) is 16.4. The number of likely N-dealkylation sites (N-methyl/N-ethyl adjacent to an activating group) is 1. The SMILES string of the molecule is CCCCCCCCOCC(NCC)C(=O)O. The van der Waals surface area contributed by atoms with E-state index in [1.165, 1.54) is 32.1 Å². The summed E-state index contributed by atoms with van der Waals surface area (Å²) in [6, 6.07) is -0.569. The minimum absolute atomic E-state index is 0.262. The third kappa shape index (κ3) is 10.3. The summed E-state index contributed by atoms with van der Waals surface area (Å²) in [5, 5.41) is 11.7. The quantitative estimate of drug-likeness (QED) is 0.518. The lowest BCUT2D eigenvalue weighted by atomic mass is 10.1. The van der Waals surface area contributed by atoms with E-state index in [-0.39, 0.29) is 6.61 Å². The van der Waals surface area contributed by atoms with E-state index in [1.54, 1.807) is 0 Å². The van der Waals surface area contributed by atoms with Gasteiger partial charge in [0.05, 0.1) is 6.61 Å². The Morgan fingerprint density at radius 1 is 1.18 bits per heavy atom. The number of hydrogen-bond donors (Lipinski definition) is 2. The summed E-state index contributed by atoms with van der Waals surface area (Å²) in [5.74, 6) is -0.838. The highest BCUT2D eigenvalue weighted by Crippen LogP contribution is 2.04.